The fraction of sp³-hybridized carbons (Fsp3) is 0. The van der Waals surface area contributed by atoms with Gasteiger partial charge in [0.1, 0.15) is 28.2 Å². The molecule has 4 aromatic rings. The Morgan fingerprint density at radius 1 is 1.18 bits per heavy atom. The van der Waals surface area contributed by atoms with Crippen molar-refractivity contribution in [3.63, 3.8) is 0 Å². The third-order valence-corrected chi connectivity index (χ3v) is 4.12. The second kappa shape index (κ2) is 4.88. The van der Waals surface area contributed by atoms with Gasteiger partial charge in [-0.05, 0) is 36.4 Å². The molecule has 0 aliphatic rings. The van der Waals surface area contributed by atoms with Crippen molar-refractivity contribution < 1.29 is 8.81 Å². The minimum atomic E-state index is -0.299. The van der Waals surface area contributed by atoms with Crippen LogP contribution in [0.5, 0.6) is 0 Å². The largest absolute Gasteiger partial charge is 0.457 e. The number of rotatable bonds is 2. The van der Waals surface area contributed by atoms with Crippen LogP contribution in [0.2, 0.25) is 0 Å². The van der Waals surface area contributed by atoms with Gasteiger partial charge in [0, 0.05) is 11.6 Å². The zero-order valence-electron chi connectivity index (χ0n) is 11.1. The molecule has 0 saturated heterocycles. The normalized spacial score (nSPS) is 12.3. The molecule has 0 radical (unpaired) electrons. The van der Waals surface area contributed by atoms with E-state index in [0.29, 0.717) is 21.0 Å². The van der Waals surface area contributed by atoms with Gasteiger partial charge in [0.25, 0.3) is 5.56 Å². The van der Waals surface area contributed by atoms with Gasteiger partial charge in [0.2, 0.25) is 4.96 Å². The first-order valence-corrected chi connectivity index (χ1v) is 7.22. The quantitative estimate of drug-likeness (QED) is 0.568. The molecule has 7 heteroatoms. The van der Waals surface area contributed by atoms with Gasteiger partial charge >= 0.3 is 0 Å². The molecule has 1 aromatic carbocycles. The first kappa shape index (κ1) is 12.9. The number of hydrogen-bond donors (Lipinski definition) is 0. The van der Waals surface area contributed by atoms with Gasteiger partial charge < -0.3 is 4.42 Å². The molecular formula is C15H8FN3O2S. The van der Waals surface area contributed by atoms with Crippen LogP contribution in [-0.4, -0.2) is 14.6 Å². The number of benzene rings is 1. The lowest BCUT2D eigenvalue weighted by Gasteiger charge is -1.95. The summed E-state index contributed by atoms with van der Waals surface area (Å²) in [4.78, 5) is 16.6. The second-order valence-electron chi connectivity index (χ2n) is 4.58. The lowest BCUT2D eigenvalue weighted by Crippen LogP contribution is -2.23. The topological polar surface area (TPSA) is 60.4 Å². The molecule has 5 nitrogen and oxygen atoms in total. The van der Waals surface area contributed by atoms with E-state index in [9.17, 15) is 9.18 Å². The Morgan fingerprint density at radius 2 is 2.00 bits per heavy atom. The van der Waals surface area contributed by atoms with E-state index in [4.69, 9.17) is 4.42 Å². The van der Waals surface area contributed by atoms with Crippen LogP contribution in [0.1, 0.15) is 5.76 Å². The van der Waals surface area contributed by atoms with Crippen molar-refractivity contribution in [2.75, 3.05) is 0 Å². The van der Waals surface area contributed by atoms with Gasteiger partial charge in [0.15, 0.2) is 0 Å². The number of hydrogen-bond acceptors (Lipinski definition) is 5. The highest BCUT2D eigenvalue weighted by molar-refractivity contribution is 7.15. The Morgan fingerprint density at radius 3 is 2.77 bits per heavy atom. The fourth-order valence-electron chi connectivity index (χ4n) is 2.11. The van der Waals surface area contributed by atoms with Crippen molar-refractivity contribution in [2.45, 2.75) is 0 Å². The minimum absolute atomic E-state index is 0.225. The third kappa shape index (κ3) is 2.11. The van der Waals surface area contributed by atoms with Crippen molar-refractivity contribution in [1.29, 1.82) is 0 Å². The number of halogens is 1. The molecule has 22 heavy (non-hydrogen) atoms. The van der Waals surface area contributed by atoms with Gasteiger partial charge in [-0.25, -0.2) is 9.37 Å². The predicted molar refractivity (Wildman–Crippen MR) is 80.0 cm³/mol. The molecule has 0 bridgehead atoms. The molecule has 0 aliphatic carbocycles. The summed E-state index contributed by atoms with van der Waals surface area (Å²) in [5.74, 6) is 0.853. The maximum absolute atomic E-state index is 12.9. The van der Waals surface area contributed by atoms with Crippen molar-refractivity contribution in [2.24, 2.45) is 0 Å². The molecule has 0 amide bonds. The van der Waals surface area contributed by atoms with Crippen LogP contribution in [0.15, 0.2) is 51.9 Å². The van der Waals surface area contributed by atoms with E-state index in [2.05, 4.69) is 10.1 Å². The molecule has 3 heterocycles. The maximum Gasteiger partial charge on any atom is 0.291 e. The molecule has 108 valence electrons. The zero-order chi connectivity index (χ0) is 15.1. The van der Waals surface area contributed by atoms with Crippen molar-refractivity contribution in [1.82, 2.24) is 14.6 Å². The van der Waals surface area contributed by atoms with Crippen molar-refractivity contribution >= 4 is 22.4 Å². The van der Waals surface area contributed by atoms with E-state index in [1.165, 1.54) is 34.3 Å². The van der Waals surface area contributed by atoms with Crippen LogP contribution in [0.25, 0.3) is 22.4 Å². The molecule has 0 saturated carbocycles. The molecule has 0 aliphatic heterocycles. The Kier molecular flexibility index (Phi) is 2.87. The average molecular weight is 313 g/mol. The summed E-state index contributed by atoms with van der Waals surface area (Å²) in [6.07, 6.45) is 2.99. The molecule has 3 aromatic heterocycles. The highest BCUT2D eigenvalue weighted by atomic mass is 32.1. The molecule has 0 fully saturated rings. The van der Waals surface area contributed by atoms with E-state index >= 15 is 0 Å². The molecule has 0 unspecified atom stereocenters. The predicted octanol–water partition coefficient (Wildman–Crippen LogP) is 2.10. The SMILES string of the molecule is O=c1c(=Cc2ccc(-c3ccc(F)cc3)o2)sc2ncnn12. The number of furan rings is 1. The van der Waals surface area contributed by atoms with Crippen molar-refractivity contribution in [3.8, 4) is 11.3 Å². The summed E-state index contributed by atoms with van der Waals surface area (Å²) in [7, 11) is 0. The summed E-state index contributed by atoms with van der Waals surface area (Å²) in [5, 5.41) is 3.86. The fourth-order valence-corrected chi connectivity index (χ4v) is 2.97. The average Bonchev–Trinajstić information content (AvgIpc) is 3.21. The van der Waals surface area contributed by atoms with E-state index in [-0.39, 0.29) is 11.4 Å². The van der Waals surface area contributed by atoms with E-state index < -0.39 is 0 Å². The van der Waals surface area contributed by atoms with Crippen LogP contribution in [0.4, 0.5) is 4.39 Å². The highest BCUT2D eigenvalue weighted by Gasteiger charge is 2.07. The van der Waals surface area contributed by atoms with E-state index in [0.717, 1.165) is 5.56 Å². The van der Waals surface area contributed by atoms with Crippen molar-refractivity contribution in [3.05, 3.63) is 69.2 Å². The van der Waals surface area contributed by atoms with E-state index in [1.54, 1.807) is 30.3 Å². The van der Waals surface area contributed by atoms with Gasteiger partial charge in [-0.15, -0.1) is 0 Å². The van der Waals surface area contributed by atoms with Gasteiger partial charge in [-0.3, -0.25) is 4.79 Å². The first-order valence-electron chi connectivity index (χ1n) is 6.41. The summed E-state index contributed by atoms with van der Waals surface area (Å²) in [6.45, 7) is 0. The summed E-state index contributed by atoms with van der Waals surface area (Å²) < 4.78 is 20.4. The first-order chi connectivity index (χ1) is 10.7. The summed E-state index contributed by atoms with van der Waals surface area (Å²) in [5.41, 5.74) is 0.545. The van der Waals surface area contributed by atoms with Crippen LogP contribution < -0.4 is 10.1 Å². The standard InChI is InChI=1S/C15H8FN3O2S/c16-10-3-1-9(2-4-10)12-6-5-11(21-12)7-13-14(20)19-15(22-13)17-8-18-19/h1-8H. The lowest BCUT2D eigenvalue weighted by atomic mass is 10.2. The van der Waals surface area contributed by atoms with Gasteiger partial charge in [0.05, 0.1) is 0 Å². The Hall–Kier alpha value is -2.80. The maximum atomic E-state index is 12.9. The molecular weight excluding hydrogens is 305 g/mol. The van der Waals surface area contributed by atoms with Crippen LogP contribution in [-0.2, 0) is 0 Å². The highest BCUT2D eigenvalue weighted by Crippen LogP contribution is 2.22. The number of fused-ring (bicyclic) bond motifs is 1. The van der Waals surface area contributed by atoms with Gasteiger partial charge in [-0.2, -0.15) is 9.61 Å². The smallest absolute Gasteiger partial charge is 0.291 e. The third-order valence-electron chi connectivity index (χ3n) is 3.15. The number of thiazole rings is 1. The monoisotopic (exact) mass is 313 g/mol. The molecule has 0 atom stereocenters. The zero-order valence-corrected chi connectivity index (χ0v) is 11.9. The van der Waals surface area contributed by atoms with Crippen LogP contribution >= 0.6 is 11.3 Å². The van der Waals surface area contributed by atoms with Crippen LogP contribution in [0, 0.1) is 5.82 Å². The van der Waals surface area contributed by atoms with E-state index in [1.807, 2.05) is 0 Å². The Bertz CT molecular complexity index is 1060. The van der Waals surface area contributed by atoms with Gasteiger partial charge in [-0.1, -0.05) is 11.3 Å². The molecule has 4 rings (SSSR count). The Labute approximate surface area is 127 Å². The summed E-state index contributed by atoms with van der Waals surface area (Å²) in [6, 6.07) is 9.56. The molecule has 0 spiro atoms. The number of nitrogens with zero attached hydrogens (tertiary/aromatic N) is 3. The summed E-state index contributed by atoms with van der Waals surface area (Å²) >= 11 is 1.24. The lowest BCUT2D eigenvalue weighted by molar-refractivity contribution is 0.571. The molecule has 0 N–H and O–H groups in total. The number of aromatic nitrogens is 3. The minimum Gasteiger partial charge on any atom is -0.457 e. The van der Waals surface area contributed by atoms with Crippen LogP contribution in [0.3, 0.4) is 0 Å². The Balaban J connectivity index is 1.76. The second-order valence-corrected chi connectivity index (χ2v) is 5.59.